The van der Waals surface area contributed by atoms with Gasteiger partial charge in [0.2, 0.25) is 0 Å². The van der Waals surface area contributed by atoms with Gasteiger partial charge in [0.15, 0.2) is 0 Å². The van der Waals surface area contributed by atoms with Gasteiger partial charge in [-0.3, -0.25) is 4.90 Å². The van der Waals surface area contributed by atoms with Crippen molar-refractivity contribution in [2.24, 2.45) is 5.92 Å². The number of likely N-dealkylation sites (tertiary alicyclic amines) is 1. The minimum atomic E-state index is 0. The molecule has 2 atom stereocenters. The van der Waals surface area contributed by atoms with Crippen molar-refractivity contribution >= 4 is 39.9 Å². The molecule has 2 aliphatic heterocycles. The summed E-state index contributed by atoms with van der Waals surface area (Å²) in [5, 5.41) is 4.42. The lowest BCUT2D eigenvalue weighted by Crippen LogP contribution is -2.43. The minimum Gasteiger partial charge on any atom is -0.314 e. The Labute approximate surface area is 134 Å². The third kappa shape index (κ3) is 3.64. The van der Waals surface area contributed by atoms with E-state index < -0.39 is 0 Å². The van der Waals surface area contributed by atoms with Crippen LogP contribution in [0, 0.1) is 5.92 Å². The van der Waals surface area contributed by atoms with Crippen LogP contribution >= 0.6 is 39.9 Å². The van der Waals surface area contributed by atoms with Gasteiger partial charge in [0.25, 0.3) is 0 Å². The van der Waals surface area contributed by atoms with Gasteiger partial charge in [0.1, 0.15) is 0 Å². The molecule has 2 nitrogen and oxygen atoms in total. The molecule has 106 valence electrons. The molecule has 3 rings (SSSR count). The van der Waals surface area contributed by atoms with Gasteiger partial charge in [-0.15, -0.1) is 12.4 Å². The highest BCUT2D eigenvalue weighted by Crippen LogP contribution is 2.27. The first-order valence-corrected chi connectivity index (χ1v) is 7.79. The number of nitrogens with one attached hydrogen (secondary N) is 1. The first kappa shape index (κ1) is 15.6. The zero-order chi connectivity index (χ0) is 12.5. The lowest BCUT2D eigenvalue weighted by atomic mass is 9.93. The molecule has 2 fully saturated rings. The minimum absolute atomic E-state index is 0. The van der Waals surface area contributed by atoms with E-state index >= 15 is 0 Å². The molecule has 2 unspecified atom stereocenters. The van der Waals surface area contributed by atoms with Gasteiger partial charge in [-0.05, 0) is 65.5 Å². The second kappa shape index (κ2) is 6.77. The number of hydrogen-bond acceptors (Lipinski definition) is 2. The maximum Gasteiger partial charge on any atom is 0.0551 e. The number of benzene rings is 1. The summed E-state index contributed by atoms with van der Waals surface area (Å²) in [6, 6.07) is 7.05. The Morgan fingerprint density at radius 2 is 2.21 bits per heavy atom. The zero-order valence-electron chi connectivity index (χ0n) is 10.7. The first-order valence-electron chi connectivity index (χ1n) is 6.62. The molecule has 0 saturated carbocycles. The second-order valence-electron chi connectivity index (χ2n) is 5.38. The fourth-order valence-corrected chi connectivity index (χ4v) is 3.61. The molecule has 0 aromatic heterocycles. The van der Waals surface area contributed by atoms with Crippen molar-refractivity contribution in [2.45, 2.75) is 25.4 Å². The summed E-state index contributed by atoms with van der Waals surface area (Å²) >= 11 is 9.58. The van der Waals surface area contributed by atoms with Crippen LogP contribution in [-0.4, -0.2) is 30.6 Å². The van der Waals surface area contributed by atoms with Crippen molar-refractivity contribution in [2.75, 3.05) is 19.6 Å². The smallest absolute Gasteiger partial charge is 0.0551 e. The van der Waals surface area contributed by atoms with E-state index in [-0.39, 0.29) is 12.4 Å². The maximum absolute atomic E-state index is 6.15. The summed E-state index contributed by atoms with van der Waals surface area (Å²) in [5.41, 5.74) is 1.31. The predicted molar refractivity (Wildman–Crippen MR) is 86.2 cm³/mol. The van der Waals surface area contributed by atoms with Gasteiger partial charge in [-0.1, -0.05) is 17.7 Å². The van der Waals surface area contributed by atoms with Crippen LogP contribution < -0.4 is 5.32 Å². The van der Waals surface area contributed by atoms with Crippen LogP contribution in [0.25, 0.3) is 0 Å². The van der Waals surface area contributed by atoms with Gasteiger partial charge in [0.05, 0.1) is 5.02 Å². The largest absolute Gasteiger partial charge is 0.314 e. The van der Waals surface area contributed by atoms with E-state index in [4.69, 9.17) is 11.6 Å². The number of hydrogen-bond donors (Lipinski definition) is 1. The quantitative estimate of drug-likeness (QED) is 0.859. The Bertz CT molecular complexity index is 441. The van der Waals surface area contributed by atoms with E-state index in [2.05, 4.69) is 38.3 Å². The van der Waals surface area contributed by atoms with Crippen LogP contribution in [0.2, 0.25) is 5.02 Å². The van der Waals surface area contributed by atoms with Crippen LogP contribution in [0.1, 0.15) is 18.4 Å². The number of piperidine rings is 1. The molecule has 0 amide bonds. The van der Waals surface area contributed by atoms with Crippen molar-refractivity contribution in [3.05, 3.63) is 33.3 Å². The fourth-order valence-electron chi connectivity index (χ4n) is 3.16. The van der Waals surface area contributed by atoms with Crippen molar-refractivity contribution in [1.82, 2.24) is 10.2 Å². The van der Waals surface area contributed by atoms with E-state index in [1.165, 1.54) is 38.0 Å². The molecule has 0 spiro atoms. The molecule has 0 bridgehead atoms. The van der Waals surface area contributed by atoms with Gasteiger partial charge in [0, 0.05) is 23.6 Å². The highest BCUT2D eigenvalue weighted by atomic mass is 79.9. The van der Waals surface area contributed by atoms with Crippen molar-refractivity contribution in [1.29, 1.82) is 0 Å². The van der Waals surface area contributed by atoms with Crippen molar-refractivity contribution in [3.8, 4) is 0 Å². The topological polar surface area (TPSA) is 15.3 Å². The standard InChI is InChI=1S/C14H18BrClN2.ClH/c15-12-2-1-10(7-13(12)16)8-18-6-4-14-11(9-18)3-5-17-14;/h1-2,7,11,14,17H,3-6,8-9H2;1H. The molecule has 1 N–H and O–H groups in total. The van der Waals surface area contributed by atoms with Crippen LogP contribution in [0.3, 0.4) is 0 Å². The third-order valence-corrected chi connectivity index (χ3v) is 5.36. The predicted octanol–water partition coefficient (Wildman–Crippen LogP) is 3.71. The fraction of sp³-hybridized carbons (Fsp3) is 0.571. The molecular formula is C14H19BrCl2N2. The SMILES string of the molecule is Cl.Clc1cc(CN2CCC3NCCC3C2)ccc1Br. The molecule has 0 aliphatic carbocycles. The van der Waals surface area contributed by atoms with E-state index in [1.807, 2.05) is 6.07 Å². The van der Waals surface area contributed by atoms with E-state index in [9.17, 15) is 0 Å². The molecule has 0 radical (unpaired) electrons. The zero-order valence-corrected chi connectivity index (χ0v) is 13.9. The summed E-state index contributed by atoms with van der Waals surface area (Å²) in [6.07, 6.45) is 2.62. The molecule has 1 aromatic rings. The Morgan fingerprint density at radius 1 is 1.37 bits per heavy atom. The van der Waals surface area contributed by atoms with Crippen LogP contribution in [0.4, 0.5) is 0 Å². The molecule has 19 heavy (non-hydrogen) atoms. The monoisotopic (exact) mass is 364 g/mol. The summed E-state index contributed by atoms with van der Waals surface area (Å²) in [4.78, 5) is 2.56. The van der Waals surface area contributed by atoms with E-state index in [0.29, 0.717) is 0 Å². The average Bonchev–Trinajstić information content (AvgIpc) is 2.81. The van der Waals surface area contributed by atoms with E-state index in [1.54, 1.807) is 0 Å². The number of nitrogens with zero attached hydrogens (tertiary/aromatic N) is 1. The second-order valence-corrected chi connectivity index (χ2v) is 6.64. The van der Waals surface area contributed by atoms with Crippen LogP contribution in [-0.2, 0) is 6.54 Å². The summed E-state index contributed by atoms with van der Waals surface area (Å²) < 4.78 is 0.978. The third-order valence-electron chi connectivity index (χ3n) is 4.13. The van der Waals surface area contributed by atoms with Gasteiger partial charge >= 0.3 is 0 Å². The number of fused-ring (bicyclic) bond motifs is 1. The highest BCUT2D eigenvalue weighted by Gasteiger charge is 2.32. The van der Waals surface area contributed by atoms with E-state index in [0.717, 1.165) is 28.0 Å². The van der Waals surface area contributed by atoms with Gasteiger partial charge < -0.3 is 5.32 Å². The Balaban J connectivity index is 0.00000133. The molecule has 2 heterocycles. The first-order chi connectivity index (χ1) is 8.72. The van der Waals surface area contributed by atoms with Crippen LogP contribution in [0.5, 0.6) is 0 Å². The number of halogens is 3. The van der Waals surface area contributed by atoms with Gasteiger partial charge in [-0.25, -0.2) is 0 Å². The van der Waals surface area contributed by atoms with Crippen molar-refractivity contribution < 1.29 is 0 Å². The Hall–Kier alpha value is 0.200. The van der Waals surface area contributed by atoms with Gasteiger partial charge in [-0.2, -0.15) is 0 Å². The molecule has 2 saturated heterocycles. The lowest BCUT2D eigenvalue weighted by Gasteiger charge is -2.34. The average molecular weight is 366 g/mol. The Kier molecular flexibility index (Phi) is 5.55. The molecule has 2 aliphatic rings. The normalized spacial score (nSPS) is 26.8. The maximum atomic E-state index is 6.15. The summed E-state index contributed by atoms with van der Waals surface area (Å²) in [7, 11) is 0. The summed E-state index contributed by atoms with van der Waals surface area (Å²) in [6.45, 7) is 4.65. The highest BCUT2D eigenvalue weighted by molar-refractivity contribution is 9.10. The van der Waals surface area contributed by atoms with Crippen molar-refractivity contribution in [3.63, 3.8) is 0 Å². The molecular weight excluding hydrogens is 347 g/mol. The number of rotatable bonds is 2. The lowest BCUT2D eigenvalue weighted by molar-refractivity contribution is 0.156. The Morgan fingerprint density at radius 3 is 3.00 bits per heavy atom. The molecule has 5 heteroatoms. The summed E-state index contributed by atoms with van der Waals surface area (Å²) in [5.74, 6) is 0.852. The van der Waals surface area contributed by atoms with Crippen LogP contribution in [0.15, 0.2) is 22.7 Å². The molecule has 1 aromatic carbocycles.